The number of hydrogen-bond acceptors (Lipinski definition) is 3. The first-order valence-electron chi connectivity index (χ1n) is 9.94. The summed E-state index contributed by atoms with van der Waals surface area (Å²) >= 11 is 0. The van der Waals surface area contributed by atoms with E-state index in [1.54, 1.807) is 0 Å². The highest BCUT2D eigenvalue weighted by molar-refractivity contribution is 5.73. The van der Waals surface area contributed by atoms with Crippen molar-refractivity contribution < 1.29 is 9.53 Å². The highest BCUT2D eigenvalue weighted by Crippen LogP contribution is 2.36. The second kappa shape index (κ2) is 9.70. The van der Waals surface area contributed by atoms with Crippen molar-refractivity contribution in [1.82, 2.24) is 4.90 Å². The second-order valence-corrected chi connectivity index (χ2v) is 8.25. The maximum absolute atomic E-state index is 13.0. The summed E-state index contributed by atoms with van der Waals surface area (Å²) < 4.78 is 5.72. The Bertz CT molecular complexity index is 749. The SMILES string of the molecule is C=CCN(C(C)c1ccccc1)[C@@H](c1ccccc1)[C@H](C)C(=O)OC(C)(C)C. The van der Waals surface area contributed by atoms with E-state index in [0.717, 1.165) is 5.56 Å². The van der Waals surface area contributed by atoms with Crippen LogP contribution in [-0.2, 0) is 9.53 Å². The van der Waals surface area contributed by atoms with Gasteiger partial charge in [0.05, 0.1) is 5.92 Å². The van der Waals surface area contributed by atoms with Gasteiger partial charge >= 0.3 is 5.97 Å². The van der Waals surface area contributed by atoms with Crippen molar-refractivity contribution in [2.24, 2.45) is 5.92 Å². The molecular formula is C25H33NO2. The van der Waals surface area contributed by atoms with Gasteiger partial charge in [0.2, 0.25) is 0 Å². The van der Waals surface area contributed by atoms with Crippen molar-refractivity contribution in [3.63, 3.8) is 0 Å². The van der Waals surface area contributed by atoms with E-state index in [9.17, 15) is 4.79 Å². The Kier molecular flexibility index (Phi) is 7.59. The lowest BCUT2D eigenvalue weighted by atomic mass is 9.90. The molecule has 28 heavy (non-hydrogen) atoms. The Labute approximate surface area is 170 Å². The standard InChI is InChI=1S/C25H33NO2/c1-7-18-26(20(3)21-14-10-8-11-15-21)23(22-16-12-9-13-17-22)19(2)24(27)28-25(4,5)6/h7-17,19-20,23H,1,18H2,2-6H3/t19-,20?,23+/m0/s1. The zero-order valence-electron chi connectivity index (χ0n) is 17.8. The predicted molar refractivity (Wildman–Crippen MR) is 116 cm³/mol. The molecule has 0 bridgehead atoms. The number of benzene rings is 2. The summed E-state index contributed by atoms with van der Waals surface area (Å²) in [6.45, 7) is 14.5. The topological polar surface area (TPSA) is 29.5 Å². The number of rotatable bonds is 8. The fourth-order valence-corrected chi connectivity index (χ4v) is 3.53. The number of nitrogens with zero attached hydrogens (tertiary/aromatic N) is 1. The largest absolute Gasteiger partial charge is 0.460 e. The fourth-order valence-electron chi connectivity index (χ4n) is 3.53. The Morgan fingerprint density at radius 3 is 1.96 bits per heavy atom. The van der Waals surface area contributed by atoms with Gasteiger partial charge < -0.3 is 4.74 Å². The van der Waals surface area contributed by atoms with Crippen LogP contribution in [0.5, 0.6) is 0 Å². The van der Waals surface area contributed by atoms with Gasteiger partial charge in [-0.1, -0.05) is 73.7 Å². The number of carbonyl (C=O) groups is 1. The van der Waals surface area contributed by atoms with Gasteiger partial charge in [0.1, 0.15) is 5.60 Å². The molecule has 0 fully saturated rings. The summed E-state index contributed by atoms with van der Waals surface area (Å²) in [6, 6.07) is 20.6. The molecular weight excluding hydrogens is 346 g/mol. The molecule has 3 nitrogen and oxygen atoms in total. The van der Waals surface area contributed by atoms with Crippen molar-refractivity contribution in [2.75, 3.05) is 6.54 Å². The first-order valence-corrected chi connectivity index (χ1v) is 9.94. The van der Waals surface area contributed by atoms with E-state index in [-0.39, 0.29) is 24.0 Å². The third-order valence-electron chi connectivity index (χ3n) is 4.87. The number of hydrogen-bond donors (Lipinski definition) is 0. The quantitative estimate of drug-likeness (QED) is 0.419. The maximum Gasteiger partial charge on any atom is 0.311 e. The molecule has 0 saturated heterocycles. The van der Waals surface area contributed by atoms with Crippen LogP contribution in [0.1, 0.15) is 57.8 Å². The molecule has 2 aromatic rings. The Morgan fingerprint density at radius 2 is 1.50 bits per heavy atom. The first-order chi connectivity index (χ1) is 13.2. The minimum atomic E-state index is -0.513. The Balaban J connectivity index is 2.45. The fraction of sp³-hybridized carbons (Fsp3) is 0.400. The summed E-state index contributed by atoms with van der Waals surface area (Å²) in [5.74, 6) is -0.511. The molecule has 0 spiro atoms. The van der Waals surface area contributed by atoms with Crippen LogP contribution in [0.4, 0.5) is 0 Å². The molecule has 0 heterocycles. The van der Waals surface area contributed by atoms with E-state index >= 15 is 0 Å². The number of ether oxygens (including phenoxy) is 1. The van der Waals surface area contributed by atoms with Crippen LogP contribution in [0.25, 0.3) is 0 Å². The molecule has 3 atom stereocenters. The molecule has 150 valence electrons. The van der Waals surface area contributed by atoms with E-state index in [2.05, 4.69) is 42.7 Å². The van der Waals surface area contributed by atoms with Gasteiger partial charge in [-0.15, -0.1) is 6.58 Å². The van der Waals surface area contributed by atoms with E-state index in [1.165, 1.54) is 5.56 Å². The van der Waals surface area contributed by atoms with Gasteiger partial charge in [0, 0.05) is 18.6 Å². The van der Waals surface area contributed by atoms with Crippen LogP contribution >= 0.6 is 0 Å². The zero-order chi connectivity index (χ0) is 20.7. The number of carbonyl (C=O) groups excluding carboxylic acids is 1. The van der Waals surface area contributed by atoms with Gasteiger partial charge in [0.25, 0.3) is 0 Å². The van der Waals surface area contributed by atoms with Gasteiger partial charge in [-0.05, 0) is 38.8 Å². The van der Waals surface area contributed by atoms with Crippen LogP contribution in [0.3, 0.4) is 0 Å². The summed E-state index contributed by atoms with van der Waals surface area (Å²) in [7, 11) is 0. The molecule has 0 aliphatic rings. The summed E-state index contributed by atoms with van der Waals surface area (Å²) in [6.07, 6.45) is 1.90. The Morgan fingerprint density at radius 1 is 1.00 bits per heavy atom. The normalized spacial score (nSPS) is 14.9. The van der Waals surface area contributed by atoms with Crippen LogP contribution in [0.15, 0.2) is 73.3 Å². The Hall–Kier alpha value is -2.39. The van der Waals surface area contributed by atoms with Gasteiger partial charge in [-0.3, -0.25) is 9.69 Å². The molecule has 0 amide bonds. The van der Waals surface area contributed by atoms with Crippen LogP contribution in [-0.4, -0.2) is 23.0 Å². The predicted octanol–water partition coefficient (Wildman–Crippen LogP) is 5.95. The first kappa shape index (κ1) is 21.9. The molecule has 0 saturated carbocycles. The summed E-state index contributed by atoms with van der Waals surface area (Å²) in [5.41, 5.74) is 1.80. The van der Waals surface area contributed by atoms with Gasteiger partial charge in [0.15, 0.2) is 0 Å². The van der Waals surface area contributed by atoms with Crippen molar-refractivity contribution in [3.05, 3.63) is 84.4 Å². The minimum absolute atomic E-state index is 0.120. The summed E-state index contributed by atoms with van der Waals surface area (Å²) in [5, 5.41) is 0. The van der Waals surface area contributed by atoms with Crippen LogP contribution in [0, 0.1) is 5.92 Å². The molecule has 0 N–H and O–H groups in total. The summed E-state index contributed by atoms with van der Waals surface area (Å²) in [4.78, 5) is 15.3. The van der Waals surface area contributed by atoms with Crippen molar-refractivity contribution in [1.29, 1.82) is 0 Å². The zero-order valence-corrected chi connectivity index (χ0v) is 17.8. The third-order valence-corrected chi connectivity index (χ3v) is 4.87. The molecule has 1 unspecified atom stereocenters. The molecule has 0 aromatic heterocycles. The highest BCUT2D eigenvalue weighted by atomic mass is 16.6. The molecule has 0 radical (unpaired) electrons. The lowest BCUT2D eigenvalue weighted by Gasteiger charge is -2.39. The van der Waals surface area contributed by atoms with Crippen molar-refractivity contribution >= 4 is 5.97 Å². The minimum Gasteiger partial charge on any atom is -0.460 e. The van der Waals surface area contributed by atoms with Crippen LogP contribution in [0.2, 0.25) is 0 Å². The van der Waals surface area contributed by atoms with Crippen LogP contribution < -0.4 is 0 Å². The van der Waals surface area contributed by atoms with E-state index in [1.807, 2.05) is 70.2 Å². The molecule has 0 aliphatic carbocycles. The lowest BCUT2D eigenvalue weighted by molar-refractivity contribution is -0.162. The van der Waals surface area contributed by atoms with Crippen molar-refractivity contribution in [3.8, 4) is 0 Å². The van der Waals surface area contributed by atoms with Crippen molar-refractivity contribution in [2.45, 2.75) is 52.3 Å². The smallest absolute Gasteiger partial charge is 0.311 e. The average Bonchev–Trinajstić information content (AvgIpc) is 2.67. The third kappa shape index (κ3) is 5.80. The molecule has 2 aromatic carbocycles. The average molecular weight is 380 g/mol. The van der Waals surface area contributed by atoms with E-state index < -0.39 is 5.60 Å². The molecule has 0 aliphatic heterocycles. The second-order valence-electron chi connectivity index (χ2n) is 8.25. The highest BCUT2D eigenvalue weighted by Gasteiger charge is 2.35. The van der Waals surface area contributed by atoms with E-state index in [4.69, 9.17) is 4.74 Å². The molecule has 2 rings (SSSR count). The van der Waals surface area contributed by atoms with Gasteiger partial charge in [-0.25, -0.2) is 0 Å². The lowest BCUT2D eigenvalue weighted by Crippen LogP contribution is -2.40. The molecule has 3 heteroatoms. The monoisotopic (exact) mass is 379 g/mol. The van der Waals surface area contributed by atoms with Gasteiger partial charge in [-0.2, -0.15) is 0 Å². The maximum atomic E-state index is 13.0. The van der Waals surface area contributed by atoms with E-state index in [0.29, 0.717) is 6.54 Å². The number of esters is 1.